The largest absolute Gasteiger partial charge is 0.466 e. The van der Waals surface area contributed by atoms with Crippen LogP contribution in [-0.2, 0) is 6.42 Å². The van der Waals surface area contributed by atoms with Crippen LogP contribution in [0.4, 0.5) is 0 Å². The second-order valence-corrected chi connectivity index (χ2v) is 7.65. The molecule has 1 aliphatic rings. The summed E-state index contributed by atoms with van der Waals surface area (Å²) in [4.78, 5) is 14.8. The van der Waals surface area contributed by atoms with E-state index in [0.29, 0.717) is 17.9 Å². The van der Waals surface area contributed by atoms with Gasteiger partial charge in [0.2, 0.25) is 0 Å². The summed E-state index contributed by atoms with van der Waals surface area (Å²) in [5.41, 5.74) is 1.80. The summed E-state index contributed by atoms with van der Waals surface area (Å²) in [7, 11) is 0. The number of furan rings is 1. The molecular formula is C22H29NO3. The van der Waals surface area contributed by atoms with Gasteiger partial charge in [0, 0.05) is 18.5 Å². The van der Waals surface area contributed by atoms with Gasteiger partial charge in [0.25, 0.3) is 5.91 Å². The predicted octanol–water partition coefficient (Wildman–Crippen LogP) is 4.13. The molecule has 4 heteroatoms. The molecule has 0 radical (unpaired) electrons. The molecule has 1 aromatic heterocycles. The number of rotatable bonds is 6. The highest BCUT2D eigenvalue weighted by Gasteiger charge is 2.37. The van der Waals surface area contributed by atoms with Crippen molar-refractivity contribution in [3.8, 4) is 0 Å². The molecular weight excluding hydrogens is 326 g/mol. The third kappa shape index (κ3) is 4.18. The lowest BCUT2D eigenvalue weighted by Gasteiger charge is -2.42. The van der Waals surface area contributed by atoms with Gasteiger partial charge in [-0.3, -0.25) is 4.79 Å². The average molecular weight is 355 g/mol. The van der Waals surface area contributed by atoms with Crippen LogP contribution >= 0.6 is 0 Å². The summed E-state index contributed by atoms with van der Waals surface area (Å²) in [6.07, 6.45) is 4.89. The fourth-order valence-corrected chi connectivity index (χ4v) is 4.12. The summed E-state index contributed by atoms with van der Waals surface area (Å²) in [5, 5.41) is 10.1. The first-order chi connectivity index (χ1) is 12.5. The minimum absolute atomic E-state index is 0.0277. The van der Waals surface area contributed by atoms with Crippen molar-refractivity contribution in [2.24, 2.45) is 5.41 Å². The standard InChI is InChI=1S/C22H29NO3/c1-17-14-20(18(2)26-17)21(25)23-13-7-12-22(15-23,16-24)11-6-10-19-8-4-3-5-9-19/h3-5,8-9,14,24H,6-7,10-13,15-16H2,1-2H3. The maximum absolute atomic E-state index is 12.9. The first-order valence-corrected chi connectivity index (χ1v) is 9.54. The van der Waals surface area contributed by atoms with Crippen LogP contribution in [0.1, 0.15) is 53.1 Å². The summed E-state index contributed by atoms with van der Waals surface area (Å²) in [5.74, 6) is 1.47. The van der Waals surface area contributed by atoms with E-state index in [-0.39, 0.29) is 17.9 Å². The van der Waals surface area contributed by atoms with Crippen molar-refractivity contribution in [1.29, 1.82) is 0 Å². The molecule has 140 valence electrons. The zero-order chi connectivity index (χ0) is 18.6. The van der Waals surface area contributed by atoms with Crippen molar-refractivity contribution in [2.45, 2.75) is 46.0 Å². The highest BCUT2D eigenvalue weighted by atomic mass is 16.3. The molecule has 0 saturated carbocycles. The zero-order valence-electron chi connectivity index (χ0n) is 15.8. The summed E-state index contributed by atoms with van der Waals surface area (Å²) in [6, 6.07) is 12.3. The maximum Gasteiger partial charge on any atom is 0.257 e. The molecule has 3 rings (SSSR count). The average Bonchev–Trinajstić information content (AvgIpc) is 3.00. The van der Waals surface area contributed by atoms with Gasteiger partial charge in [-0.1, -0.05) is 30.3 Å². The van der Waals surface area contributed by atoms with Crippen LogP contribution in [0, 0.1) is 19.3 Å². The topological polar surface area (TPSA) is 53.7 Å². The summed E-state index contributed by atoms with van der Waals surface area (Å²) < 4.78 is 5.52. The van der Waals surface area contributed by atoms with Crippen molar-refractivity contribution in [3.05, 3.63) is 59.0 Å². The minimum Gasteiger partial charge on any atom is -0.466 e. The first-order valence-electron chi connectivity index (χ1n) is 9.54. The number of likely N-dealkylation sites (tertiary alicyclic amines) is 1. The lowest BCUT2D eigenvalue weighted by molar-refractivity contribution is 0.0215. The quantitative estimate of drug-likeness (QED) is 0.847. The Hall–Kier alpha value is -2.07. The van der Waals surface area contributed by atoms with Gasteiger partial charge in [-0.15, -0.1) is 0 Å². The van der Waals surface area contributed by atoms with Crippen LogP contribution in [0.3, 0.4) is 0 Å². The van der Waals surface area contributed by atoms with E-state index in [1.807, 2.05) is 30.9 Å². The van der Waals surface area contributed by atoms with Crippen LogP contribution in [0.2, 0.25) is 0 Å². The Balaban J connectivity index is 1.64. The molecule has 26 heavy (non-hydrogen) atoms. The number of carbonyl (C=O) groups excluding carboxylic acids is 1. The van der Waals surface area contributed by atoms with Crippen LogP contribution in [0.5, 0.6) is 0 Å². The molecule has 0 bridgehead atoms. The second kappa shape index (κ2) is 8.09. The lowest BCUT2D eigenvalue weighted by atomic mass is 9.76. The fraction of sp³-hybridized carbons (Fsp3) is 0.500. The maximum atomic E-state index is 12.9. The Morgan fingerprint density at radius 3 is 2.69 bits per heavy atom. The molecule has 2 aromatic rings. The van der Waals surface area contributed by atoms with Gasteiger partial charge in [0.15, 0.2) is 0 Å². The predicted molar refractivity (Wildman–Crippen MR) is 102 cm³/mol. The Morgan fingerprint density at radius 1 is 1.27 bits per heavy atom. The Bertz CT molecular complexity index is 737. The molecule has 1 unspecified atom stereocenters. The normalized spacial score (nSPS) is 20.3. The number of carbonyl (C=O) groups is 1. The van der Waals surface area contributed by atoms with Gasteiger partial charge >= 0.3 is 0 Å². The molecule has 1 N–H and O–H groups in total. The van der Waals surface area contributed by atoms with Gasteiger partial charge in [0.05, 0.1) is 12.2 Å². The van der Waals surface area contributed by atoms with Crippen molar-refractivity contribution < 1.29 is 14.3 Å². The number of aliphatic hydroxyl groups excluding tert-OH is 1. The molecule has 1 amide bonds. The number of hydrogen-bond donors (Lipinski definition) is 1. The number of benzene rings is 1. The highest BCUT2D eigenvalue weighted by Crippen LogP contribution is 2.35. The molecule has 2 heterocycles. The van der Waals surface area contributed by atoms with Crippen molar-refractivity contribution in [3.63, 3.8) is 0 Å². The molecule has 0 aliphatic carbocycles. The van der Waals surface area contributed by atoms with E-state index >= 15 is 0 Å². The Kier molecular flexibility index (Phi) is 5.82. The number of piperidine rings is 1. The molecule has 1 aromatic carbocycles. The first kappa shape index (κ1) is 18.7. The number of aryl methyl sites for hydroxylation is 3. The van der Waals surface area contributed by atoms with E-state index in [0.717, 1.165) is 44.4 Å². The third-order valence-corrected chi connectivity index (χ3v) is 5.57. The van der Waals surface area contributed by atoms with E-state index in [2.05, 4.69) is 24.3 Å². The van der Waals surface area contributed by atoms with E-state index < -0.39 is 0 Å². The third-order valence-electron chi connectivity index (χ3n) is 5.57. The van der Waals surface area contributed by atoms with E-state index in [1.54, 1.807) is 0 Å². The fourth-order valence-electron chi connectivity index (χ4n) is 4.12. The SMILES string of the molecule is Cc1cc(C(=O)N2CCCC(CO)(CCCc3ccccc3)C2)c(C)o1. The van der Waals surface area contributed by atoms with E-state index in [4.69, 9.17) is 4.42 Å². The number of amides is 1. The minimum atomic E-state index is -0.185. The van der Waals surface area contributed by atoms with Crippen LogP contribution < -0.4 is 0 Å². The van der Waals surface area contributed by atoms with Crippen LogP contribution in [-0.4, -0.2) is 35.6 Å². The Labute approximate surface area is 155 Å². The van der Waals surface area contributed by atoms with Crippen molar-refractivity contribution in [1.82, 2.24) is 4.90 Å². The monoisotopic (exact) mass is 355 g/mol. The van der Waals surface area contributed by atoms with Gasteiger partial charge in [-0.25, -0.2) is 0 Å². The number of aliphatic hydroxyl groups is 1. The number of nitrogens with zero attached hydrogens (tertiary/aromatic N) is 1. The molecule has 1 atom stereocenters. The van der Waals surface area contributed by atoms with E-state index in [1.165, 1.54) is 5.56 Å². The molecule has 1 aliphatic heterocycles. The smallest absolute Gasteiger partial charge is 0.257 e. The number of hydrogen-bond acceptors (Lipinski definition) is 3. The molecule has 0 spiro atoms. The van der Waals surface area contributed by atoms with Crippen molar-refractivity contribution in [2.75, 3.05) is 19.7 Å². The van der Waals surface area contributed by atoms with Crippen LogP contribution in [0.15, 0.2) is 40.8 Å². The summed E-state index contributed by atoms with van der Waals surface area (Å²) >= 11 is 0. The van der Waals surface area contributed by atoms with Gasteiger partial charge in [-0.05, 0) is 57.6 Å². The molecule has 1 fully saturated rings. The van der Waals surface area contributed by atoms with Gasteiger partial charge in [-0.2, -0.15) is 0 Å². The van der Waals surface area contributed by atoms with Crippen molar-refractivity contribution >= 4 is 5.91 Å². The lowest BCUT2D eigenvalue weighted by Crippen LogP contribution is -2.48. The summed E-state index contributed by atoms with van der Waals surface area (Å²) in [6.45, 7) is 5.21. The zero-order valence-corrected chi connectivity index (χ0v) is 15.8. The Morgan fingerprint density at radius 2 is 2.04 bits per heavy atom. The van der Waals surface area contributed by atoms with Crippen LogP contribution in [0.25, 0.3) is 0 Å². The molecule has 1 saturated heterocycles. The van der Waals surface area contributed by atoms with Gasteiger partial charge in [0.1, 0.15) is 11.5 Å². The second-order valence-electron chi connectivity index (χ2n) is 7.65. The molecule has 4 nitrogen and oxygen atoms in total. The van der Waals surface area contributed by atoms with E-state index in [9.17, 15) is 9.90 Å². The van der Waals surface area contributed by atoms with Gasteiger partial charge < -0.3 is 14.4 Å². The highest BCUT2D eigenvalue weighted by molar-refractivity contribution is 5.95.